The zero-order valence-electron chi connectivity index (χ0n) is 13.9. The standard InChI is InChI=1S/C19H19NO3S/c1-4-14-6-7-15-10-16(18(12-21)20(15)11-14)17-9-13(2)5-8-19(17)24(3,22)23/h5-12H,4H2,1-3H3. The molecule has 1 aromatic carbocycles. The van der Waals surface area contributed by atoms with Crippen LogP contribution in [0, 0.1) is 6.92 Å². The number of aromatic nitrogens is 1. The number of pyridine rings is 1. The summed E-state index contributed by atoms with van der Waals surface area (Å²) in [5, 5.41) is 0. The van der Waals surface area contributed by atoms with E-state index >= 15 is 0 Å². The molecule has 0 atom stereocenters. The van der Waals surface area contributed by atoms with Gasteiger partial charge in [-0.3, -0.25) is 4.79 Å². The van der Waals surface area contributed by atoms with E-state index in [-0.39, 0.29) is 4.90 Å². The van der Waals surface area contributed by atoms with Crippen LogP contribution >= 0.6 is 0 Å². The van der Waals surface area contributed by atoms with Crippen molar-refractivity contribution in [1.82, 2.24) is 4.40 Å². The van der Waals surface area contributed by atoms with Gasteiger partial charge >= 0.3 is 0 Å². The smallest absolute Gasteiger partial charge is 0.176 e. The lowest BCUT2D eigenvalue weighted by Gasteiger charge is -2.09. The lowest BCUT2D eigenvalue weighted by molar-refractivity contribution is 0.111. The van der Waals surface area contributed by atoms with E-state index in [4.69, 9.17) is 0 Å². The fraction of sp³-hybridized carbons (Fsp3) is 0.211. The number of nitrogens with zero attached hydrogens (tertiary/aromatic N) is 1. The molecule has 0 amide bonds. The Morgan fingerprint density at radius 3 is 2.46 bits per heavy atom. The van der Waals surface area contributed by atoms with Crippen molar-refractivity contribution in [3.63, 3.8) is 0 Å². The highest BCUT2D eigenvalue weighted by Gasteiger charge is 2.19. The molecule has 124 valence electrons. The van der Waals surface area contributed by atoms with Crippen molar-refractivity contribution in [3.05, 3.63) is 59.4 Å². The number of carbonyl (C=O) groups is 1. The Labute approximate surface area is 141 Å². The summed E-state index contributed by atoms with van der Waals surface area (Å²) >= 11 is 0. The lowest BCUT2D eigenvalue weighted by Crippen LogP contribution is -2.01. The van der Waals surface area contributed by atoms with Gasteiger partial charge in [0.15, 0.2) is 16.1 Å². The molecule has 4 nitrogen and oxygen atoms in total. The Hall–Kier alpha value is -2.40. The predicted octanol–water partition coefficient (Wildman–Crippen LogP) is 3.69. The summed E-state index contributed by atoms with van der Waals surface area (Å²) in [7, 11) is -3.40. The number of carbonyl (C=O) groups excluding carboxylic acids is 1. The Balaban J connectivity index is 2.39. The monoisotopic (exact) mass is 341 g/mol. The van der Waals surface area contributed by atoms with Crippen LogP contribution in [0.15, 0.2) is 47.5 Å². The van der Waals surface area contributed by atoms with E-state index in [2.05, 4.69) is 6.92 Å². The van der Waals surface area contributed by atoms with Gasteiger partial charge in [-0.1, -0.05) is 30.7 Å². The SMILES string of the molecule is CCc1ccc2cc(-c3cc(C)ccc3S(C)(=O)=O)c(C=O)n2c1. The summed E-state index contributed by atoms with van der Waals surface area (Å²) in [6, 6.07) is 11.0. The first-order valence-corrected chi connectivity index (χ1v) is 9.64. The van der Waals surface area contributed by atoms with Gasteiger partial charge in [-0.25, -0.2) is 8.42 Å². The van der Waals surface area contributed by atoms with Crippen LogP contribution < -0.4 is 0 Å². The van der Waals surface area contributed by atoms with Crippen molar-refractivity contribution in [2.24, 2.45) is 0 Å². The molecule has 5 heteroatoms. The van der Waals surface area contributed by atoms with Crippen molar-refractivity contribution in [1.29, 1.82) is 0 Å². The highest BCUT2D eigenvalue weighted by Crippen LogP contribution is 2.33. The highest BCUT2D eigenvalue weighted by molar-refractivity contribution is 7.90. The quantitative estimate of drug-likeness (QED) is 0.680. The molecular weight excluding hydrogens is 322 g/mol. The van der Waals surface area contributed by atoms with Crippen LogP contribution in [0.5, 0.6) is 0 Å². The molecular formula is C19H19NO3S. The van der Waals surface area contributed by atoms with E-state index in [1.807, 2.05) is 41.8 Å². The maximum absolute atomic E-state index is 12.2. The molecule has 0 aliphatic heterocycles. The molecule has 3 rings (SSSR count). The Morgan fingerprint density at radius 1 is 1.08 bits per heavy atom. The molecule has 3 aromatic rings. The average molecular weight is 341 g/mol. The first-order chi connectivity index (χ1) is 11.3. The first-order valence-electron chi connectivity index (χ1n) is 7.75. The van der Waals surface area contributed by atoms with Gasteiger partial charge in [0.2, 0.25) is 0 Å². The number of sulfone groups is 1. The molecule has 0 aliphatic rings. The van der Waals surface area contributed by atoms with Crippen LogP contribution in [0.1, 0.15) is 28.5 Å². The number of hydrogen-bond donors (Lipinski definition) is 0. The van der Waals surface area contributed by atoms with Gasteiger partial charge in [-0.05, 0) is 37.1 Å². The van der Waals surface area contributed by atoms with E-state index < -0.39 is 9.84 Å². The van der Waals surface area contributed by atoms with E-state index in [9.17, 15) is 13.2 Å². The van der Waals surface area contributed by atoms with Crippen LogP contribution in [-0.2, 0) is 16.3 Å². The lowest BCUT2D eigenvalue weighted by atomic mass is 10.0. The second-order valence-electron chi connectivity index (χ2n) is 6.02. The van der Waals surface area contributed by atoms with Crippen molar-refractivity contribution in [3.8, 4) is 11.1 Å². The zero-order chi connectivity index (χ0) is 17.5. The molecule has 0 saturated carbocycles. The van der Waals surface area contributed by atoms with Crippen molar-refractivity contribution < 1.29 is 13.2 Å². The van der Waals surface area contributed by atoms with Crippen LogP contribution in [0.4, 0.5) is 0 Å². The van der Waals surface area contributed by atoms with Gasteiger partial charge in [0.1, 0.15) is 0 Å². The van der Waals surface area contributed by atoms with Gasteiger partial charge < -0.3 is 4.40 Å². The largest absolute Gasteiger partial charge is 0.313 e. The van der Waals surface area contributed by atoms with Gasteiger partial charge in [0.25, 0.3) is 0 Å². The summed E-state index contributed by atoms with van der Waals surface area (Å²) in [6.07, 6.45) is 4.77. The molecule has 0 radical (unpaired) electrons. The van der Waals surface area contributed by atoms with Crippen molar-refractivity contribution >= 4 is 21.6 Å². The van der Waals surface area contributed by atoms with E-state index in [1.165, 1.54) is 6.26 Å². The molecule has 2 heterocycles. The van der Waals surface area contributed by atoms with Gasteiger partial charge in [0, 0.05) is 29.1 Å². The summed E-state index contributed by atoms with van der Waals surface area (Å²) in [6.45, 7) is 3.95. The summed E-state index contributed by atoms with van der Waals surface area (Å²) in [4.78, 5) is 12.0. The van der Waals surface area contributed by atoms with Crippen LogP contribution in [-0.4, -0.2) is 25.4 Å². The molecule has 0 spiro atoms. The second-order valence-corrected chi connectivity index (χ2v) is 8.00. The topological polar surface area (TPSA) is 55.6 Å². The normalized spacial score (nSPS) is 11.8. The third kappa shape index (κ3) is 2.76. The minimum Gasteiger partial charge on any atom is -0.313 e. The number of aryl methyl sites for hydroxylation is 2. The maximum atomic E-state index is 12.2. The Bertz CT molecular complexity index is 1050. The van der Waals surface area contributed by atoms with E-state index in [0.717, 1.165) is 29.4 Å². The number of rotatable bonds is 4. The Kier molecular flexibility index (Phi) is 4.05. The third-order valence-corrected chi connectivity index (χ3v) is 5.37. The fourth-order valence-electron chi connectivity index (χ4n) is 2.96. The van der Waals surface area contributed by atoms with Gasteiger partial charge in [-0.2, -0.15) is 0 Å². The number of aldehydes is 1. The minimum atomic E-state index is -3.40. The molecule has 0 aliphatic carbocycles. The maximum Gasteiger partial charge on any atom is 0.176 e. The number of hydrogen-bond acceptors (Lipinski definition) is 3. The average Bonchev–Trinajstić information content (AvgIpc) is 2.90. The van der Waals surface area contributed by atoms with Crippen molar-refractivity contribution in [2.75, 3.05) is 6.26 Å². The van der Waals surface area contributed by atoms with Crippen LogP contribution in [0.25, 0.3) is 16.6 Å². The van der Waals surface area contributed by atoms with E-state index in [0.29, 0.717) is 16.8 Å². The predicted molar refractivity (Wildman–Crippen MR) is 95.4 cm³/mol. The Morgan fingerprint density at radius 2 is 1.83 bits per heavy atom. The van der Waals surface area contributed by atoms with Gasteiger partial charge in [0.05, 0.1) is 10.6 Å². The molecule has 0 N–H and O–H groups in total. The third-order valence-electron chi connectivity index (χ3n) is 4.21. The molecule has 24 heavy (non-hydrogen) atoms. The molecule has 2 aromatic heterocycles. The highest BCUT2D eigenvalue weighted by atomic mass is 32.2. The molecule has 0 fully saturated rings. The first kappa shape index (κ1) is 16.5. The fourth-order valence-corrected chi connectivity index (χ4v) is 3.84. The van der Waals surface area contributed by atoms with E-state index in [1.54, 1.807) is 12.1 Å². The second kappa shape index (κ2) is 5.91. The molecule has 0 saturated heterocycles. The summed E-state index contributed by atoms with van der Waals surface area (Å²) in [5.41, 5.74) is 4.60. The van der Waals surface area contributed by atoms with Crippen LogP contribution in [0.3, 0.4) is 0 Å². The number of benzene rings is 1. The molecule has 0 bridgehead atoms. The van der Waals surface area contributed by atoms with Crippen molar-refractivity contribution in [2.45, 2.75) is 25.2 Å². The summed E-state index contributed by atoms with van der Waals surface area (Å²) in [5.74, 6) is 0. The summed E-state index contributed by atoms with van der Waals surface area (Å²) < 4.78 is 26.1. The number of fused-ring (bicyclic) bond motifs is 1. The zero-order valence-corrected chi connectivity index (χ0v) is 14.7. The minimum absolute atomic E-state index is 0.239. The van der Waals surface area contributed by atoms with Gasteiger partial charge in [-0.15, -0.1) is 0 Å². The molecule has 0 unspecified atom stereocenters. The van der Waals surface area contributed by atoms with Crippen LogP contribution in [0.2, 0.25) is 0 Å².